The van der Waals surface area contributed by atoms with Crippen molar-refractivity contribution in [3.63, 3.8) is 0 Å². The fourth-order valence-electron chi connectivity index (χ4n) is 0.205. The highest BCUT2D eigenvalue weighted by Crippen LogP contribution is 1.93. The maximum Gasteiger partial charge on any atom is 0.373 e. The minimum atomic E-state index is -2.99. The van der Waals surface area contributed by atoms with Gasteiger partial charge >= 0.3 is 12.4 Å². The van der Waals surface area contributed by atoms with E-state index in [-0.39, 0.29) is 6.61 Å². The van der Waals surface area contributed by atoms with Crippen molar-refractivity contribution in [1.29, 1.82) is 0 Å². The molecule has 4 heteroatoms. The molecule has 0 rings (SSSR count). The molecule has 0 aliphatic heterocycles. The van der Waals surface area contributed by atoms with Crippen molar-refractivity contribution >= 4 is 5.97 Å². The number of rotatable bonds is 2. The number of carbonyl (C=O) groups excluding carboxylic acids is 1. The lowest BCUT2D eigenvalue weighted by Gasteiger charge is -1.96. The maximum atomic E-state index is 11.1. The van der Waals surface area contributed by atoms with E-state index in [1.807, 2.05) is 0 Å². The summed E-state index contributed by atoms with van der Waals surface area (Å²) >= 11 is 0. The lowest BCUT2D eigenvalue weighted by Crippen LogP contribution is -2.13. The highest BCUT2D eigenvalue weighted by atomic mass is 19.3. The molecule has 0 radical (unpaired) electrons. The normalized spacial score (nSPS) is 9.50. The van der Waals surface area contributed by atoms with Crippen molar-refractivity contribution in [3.8, 4) is 0 Å². The molecule has 0 atom stereocenters. The standard InChI is InChI=1S/C4H6F2O2/c1-2-8-4(7)3(5)6/h3H,2H2,1H3/i3+1,4+1. The van der Waals surface area contributed by atoms with Crippen LogP contribution >= 0.6 is 0 Å². The molecule has 0 unspecified atom stereocenters. The van der Waals surface area contributed by atoms with E-state index in [0.717, 1.165) is 0 Å². The summed E-state index contributed by atoms with van der Waals surface area (Å²) in [5, 5.41) is 0. The zero-order chi connectivity index (χ0) is 6.57. The van der Waals surface area contributed by atoms with Crippen LogP contribution in [0.1, 0.15) is 6.92 Å². The van der Waals surface area contributed by atoms with Gasteiger partial charge in [-0.2, -0.15) is 8.78 Å². The van der Waals surface area contributed by atoms with Crippen LogP contribution in [0.5, 0.6) is 0 Å². The Balaban J connectivity index is 3.33. The average molecular weight is 126 g/mol. The summed E-state index contributed by atoms with van der Waals surface area (Å²) in [5.41, 5.74) is 0. The van der Waals surface area contributed by atoms with Crippen molar-refractivity contribution < 1.29 is 18.3 Å². The third-order valence-corrected chi connectivity index (χ3v) is 0.465. The smallest absolute Gasteiger partial charge is 0.373 e. The lowest BCUT2D eigenvalue weighted by atomic mass is 10.9. The molecule has 0 saturated carbocycles. The molecule has 0 N–H and O–H groups in total. The van der Waals surface area contributed by atoms with Gasteiger partial charge in [0.2, 0.25) is 0 Å². The number of hydrogen-bond acceptors (Lipinski definition) is 2. The van der Waals surface area contributed by atoms with Crippen LogP contribution in [0.25, 0.3) is 0 Å². The third-order valence-electron chi connectivity index (χ3n) is 0.465. The molecule has 0 aliphatic carbocycles. The highest BCUT2D eigenvalue weighted by Gasteiger charge is 2.14. The van der Waals surface area contributed by atoms with E-state index in [0.29, 0.717) is 0 Å². The Kier molecular flexibility index (Phi) is 3.07. The van der Waals surface area contributed by atoms with Crippen LogP contribution < -0.4 is 0 Å². The van der Waals surface area contributed by atoms with Crippen molar-refractivity contribution in [1.82, 2.24) is 0 Å². The second kappa shape index (κ2) is 3.35. The summed E-state index contributed by atoms with van der Waals surface area (Å²) in [7, 11) is 0. The minimum absolute atomic E-state index is 0.00315. The SMILES string of the molecule is CCO[13C](=O)[13CH](F)F. The van der Waals surface area contributed by atoms with Gasteiger partial charge in [-0.15, -0.1) is 0 Å². The predicted octanol–water partition coefficient (Wildman–Crippen LogP) is 0.815. The van der Waals surface area contributed by atoms with Gasteiger partial charge in [0.25, 0.3) is 0 Å². The van der Waals surface area contributed by atoms with Gasteiger partial charge < -0.3 is 4.74 Å². The van der Waals surface area contributed by atoms with E-state index < -0.39 is 12.4 Å². The first-order valence-corrected chi connectivity index (χ1v) is 2.13. The van der Waals surface area contributed by atoms with Gasteiger partial charge in [0, 0.05) is 0 Å². The van der Waals surface area contributed by atoms with Gasteiger partial charge in [0.05, 0.1) is 6.61 Å². The van der Waals surface area contributed by atoms with Crippen molar-refractivity contribution in [2.75, 3.05) is 6.61 Å². The minimum Gasteiger partial charge on any atom is -0.462 e. The van der Waals surface area contributed by atoms with Gasteiger partial charge in [-0.3, -0.25) is 0 Å². The zero-order valence-electron chi connectivity index (χ0n) is 4.36. The van der Waals surface area contributed by atoms with Crippen LogP contribution in [0.4, 0.5) is 8.78 Å². The summed E-state index contributed by atoms with van der Waals surface area (Å²) < 4.78 is 26.2. The van der Waals surface area contributed by atoms with E-state index in [4.69, 9.17) is 0 Å². The zero-order valence-corrected chi connectivity index (χ0v) is 4.36. The first-order chi connectivity index (χ1) is 3.68. The Bertz CT molecular complexity index is 82.1. The van der Waals surface area contributed by atoms with Crippen LogP contribution in [-0.2, 0) is 9.53 Å². The highest BCUT2D eigenvalue weighted by molar-refractivity contribution is 5.72. The van der Waals surface area contributed by atoms with E-state index >= 15 is 0 Å². The predicted molar refractivity (Wildman–Crippen MR) is 22.6 cm³/mol. The number of halogens is 2. The molecular formula is C4H6F2O2. The third kappa shape index (κ3) is 2.49. The fourth-order valence-corrected chi connectivity index (χ4v) is 0.205. The van der Waals surface area contributed by atoms with Crippen molar-refractivity contribution in [3.05, 3.63) is 0 Å². The molecule has 0 aliphatic rings. The Hall–Kier alpha value is -0.670. The Labute approximate surface area is 45.4 Å². The second-order valence-electron chi connectivity index (χ2n) is 1.05. The molecule has 0 saturated heterocycles. The molecule has 0 aromatic carbocycles. The number of hydrogen-bond donors (Lipinski definition) is 0. The summed E-state index contributed by atoms with van der Waals surface area (Å²) in [6, 6.07) is 0. The molecule has 2 nitrogen and oxygen atoms in total. The molecule has 0 fully saturated rings. The molecule has 8 heavy (non-hydrogen) atoms. The fraction of sp³-hybridized carbons (Fsp3) is 0.750. The van der Waals surface area contributed by atoms with E-state index in [9.17, 15) is 13.6 Å². The summed E-state index contributed by atoms with van der Waals surface area (Å²) in [6.45, 7) is 1.48. The quantitative estimate of drug-likeness (QED) is 0.404. The molecule has 0 amide bonds. The lowest BCUT2D eigenvalue weighted by molar-refractivity contribution is -0.155. The summed E-state index contributed by atoms with van der Waals surface area (Å²) in [5.74, 6) is -1.45. The summed E-state index contributed by atoms with van der Waals surface area (Å²) in [6.07, 6.45) is -2.99. The van der Waals surface area contributed by atoms with Gasteiger partial charge in [0.1, 0.15) is 0 Å². The van der Waals surface area contributed by atoms with Crippen molar-refractivity contribution in [2.45, 2.75) is 13.3 Å². The van der Waals surface area contributed by atoms with Crippen LogP contribution in [0.15, 0.2) is 0 Å². The number of carbonyl (C=O) groups is 1. The van der Waals surface area contributed by atoms with E-state index in [2.05, 4.69) is 4.74 Å². The van der Waals surface area contributed by atoms with E-state index in [1.54, 1.807) is 0 Å². The molecular weight excluding hydrogens is 120 g/mol. The van der Waals surface area contributed by atoms with Gasteiger partial charge in [0.15, 0.2) is 0 Å². The Morgan fingerprint density at radius 3 is 2.38 bits per heavy atom. The molecule has 0 aromatic heterocycles. The summed E-state index contributed by atoms with van der Waals surface area (Å²) in [4.78, 5) is 9.77. The van der Waals surface area contributed by atoms with Gasteiger partial charge in [-0.05, 0) is 6.92 Å². The second-order valence-corrected chi connectivity index (χ2v) is 1.05. The number of alkyl halides is 2. The van der Waals surface area contributed by atoms with E-state index in [1.165, 1.54) is 6.92 Å². The van der Waals surface area contributed by atoms with Gasteiger partial charge in [-0.1, -0.05) is 0 Å². The van der Waals surface area contributed by atoms with Crippen LogP contribution in [0.3, 0.4) is 0 Å². The number of esters is 1. The van der Waals surface area contributed by atoms with Crippen LogP contribution in [0.2, 0.25) is 0 Å². The first-order valence-electron chi connectivity index (χ1n) is 2.13. The Morgan fingerprint density at radius 2 is 2.25 bits per heavy atom. The number of ether oxygens (including phenoxy) is 1. The first kappa shape index (κ1) is 7.33. The molecule has 0 spiro atoms. The van der Waals surface area contributed by atoms with Crippen LogP contribution in [-0.4, -0.2) is 19.0 Å². The van der Waals surface area contributed by atoms with Gasteiger partial charge in [-0.25, -0.2) is 4.79 Å². The molecule has 0 bridgehead atoms. The van der Waals surface area contributed by atoms with Crippen LogP contribution in [0, 0.1) is 0 Å². The molecule has 0 aromatic rings. The molecule has 0 heterocycles. The Morgan fingerprint density at radius 1 is 1.75 bits per heavy atom. The molecule has 48 valence electrons. The average Bonchev–Trinajstić information content (AvgIpc) is 1.67. The topological polar surface area (TPSA) is 26.3 Å². The maximum absolute atomic E-state index is 11.1. The largest absolute Gasteiger partial charge is 0.462 e. The monoisotopic (exact) mass is 126 g/mol. The van der Waals surface area contributed by atoms with Crippen molar-refractivity contribution in [2.24, 2.45) is 0 Å².